The quantitative estimate of drug-likeness (QED) is 0.479. The number of fused-ring (bicyclic) bond motifs is 1. The Morgan fingerprint density at radius 3 is 2.06 bits per heavy atom. The summed E-state index contributed by atoms with van der Waals surface area (Å²) in [7, 11) is 0. The molecule has 5 rings (SSSR count). The molecule has 1 aliphatic rings. The fraction of sp³-hybridized carbons (Fsp3) is 0.269. The zero-order valence-electron chi connectivity index (χ0n) is 18.3. The number of benzene rings is 2. The molecule has 0 radical (unpaired) electrons. The highest BCUT2D eigenvalue weighted by atomic mass is 15.3. The Labute approximate surface area is 183 Å². The van der Waals surface area contributed by atoms with Gasteiger partial charge in [0.15, 0.2) is 5.82 Å². The smallest absolute Gasteiger partial charge is 0.151 e. The van der Waals surface area contributed by atoms with Crippen LogP contribution < -0.4 is 9.80 Å². The number of aromatic nitrogens is 3. The summed E-state index contributed by atoms with van der Waals surface area (Å²) in [4.78, 5) is 9.67. The highest BCUT2D eigenvalue weighted by Gasteiger charge is 2.20. The molecule has 0 unspecified atom stereocenters. The normalized spacial score (nSPS) is 14.3. The van der Waals surface area contributed by atoms with E-state index < -0.39 is 0 Å². The second-order valence-corrected chi connectivity index (χ2v) is 8.39. The molecule has 0 amide bonds. The van der Waals surface area contributed by atoms with Gasteiger partial charge in [0.05, 0.1) is 11.2 Å². The minimum atomic E-state index is 0.908. The van der Waals surface area contributed by atoms with Crippen molar-refractivity contribution in [1.29, 1.82) is 0 Å². The lowest BCUT2D eigenvalue weighted by Gasteiger charge is -2.36. The molecule has 5 heteroatoms. The maximum Gasteiger partial charge on any atom is 0.151 e. The van der Waals surface area contributed by atoms with Crippen molar-refractivity contribution in [2.75, 3.05) is 36.0 Å². The maximum atomic E-state index is 4.99. The standard InChI is InChI=1S/C26H27N5/c1-18-7-9-21(10-8-18)23-11-12-24(29-28-23)30-13-15-31(16-14-30)25-17-20(3)22-6-4-5-19(2)26(22)27-25/h4-12,17H,13-16H2,1-3H3. The summed E-state index contributed by atoms with van der Waals surface area (Å²) in [5.74, 6) is 2.01. The van der Waals surface area contributed by atoms with Gasteiger partial charge in [-0.15, -0.1) is 10.2 Å². The van der Waals surface area contributed by atoms with Gasteiger partial charge in [0.25, 0.3) is 0 Å². The summed E-state index contributed by atoms with van der Waals surface area (Å²) in [6.45, 7) is 10.1. The van der Waals surface area contributed by atoms with E-state index in [4.69, 9.17) is 4.98 Å². The molecule has 0 aliphatic carbocycles. The molecule has 5 nitrogen and oxygen atoms in total. The molecule has 156 valence electrons. The van der Waals surface area contributed by atoms with E-state index in [0.29, 0.717) is 0 Å². The van der Waals surface area contributed by atoms with Gasteiger partial charge in [-0.3, -0.25) is 0 Å². The SMILES string of the molecule is Cc1ccc(-c2ccc(N3CCN(c4cc(C)c5cccc(C)c5n4)CC3)nn2)cc1. The zero-order chi connectivity index (χ0) is 21.4. The predicted molar refractivity (Wildman–Crippen MR) is 128 cm³/mol. The van der Waals surface area contributed by atoms with E-state index in [1.54, 1.807) is 0 Å². The van der Waals surface area contributed by atoms with Crippen LogP contribution in [0.4, 0.5) is 11.6 Å². The highest BCUT2D eigenvalue weighted by molar-refractivity contribution is 5.86. The van der Waals surface area contributed by atoms with E-state index in [9.17, 15) is 0 Å². The summed E-state index contributed by atoms with van der Waals surface area (Å²) >= 11 is 0. The van der Waals surface area contributed by atoms with Crippen molar-refractivity contribution in [3.05, 3.63) is 77.4 Å². The van der Waals surface area contributed by atoms with Gasteiger partial charge >= 0.3 is 0 Å². The van der Waals surface area contributed by atoms with Crippen LogP contribution in [0.1, 0.15) is 16.7 Å². The topological polar surface area (TPSA) is 45.2 Å². The first-order valence-corrected chi connectivity index (χ1v) is 10.9. The number of aryl methyl sites for hydroxylation is 3. The van der Waals surface area contributed by atoms with Crippen molar-refractivity contribution in [3.63, 3.8) is 0 Å². The number of rotatable bonds is 3. The van der Waals surface area contributed by atoms with Crippen LogP contribution in [0.2, 0.25) is 0 Å². The molecule has 31 heavy (non-hydrogen) atoms. The fourth-order valence-corrected chi connectivity index (χ4v) is 4.24. The van der Waals surface area contributed by atoms with E-state index in [1.165, 1.54) is 22.1 Å². The van der Waals surface area contributed by atoms with Crippen LogP contribution in [0.5, 0.6) is 0 Å². The lowest BCUT2D eigenvalue weighted by molar-refractivity contribution is 0.639. The fourth-order valence-electron chi connectivity index (χ4n) is 4.24. The van der Waals surface area contributed by atoms with Crippen molar-refractivity contribution in [2.45, 2.75) is 20.8 Å². The average Bonchev–Trinajstić information content (AvgIpc) is 2.80. The first-order chi connectivity index (χ1) is 15.1. The van der Waals surface area contributed by atoms with E-state index in [2.05, 4.69) is 101 Å². The van der Waals surface area contributed by atoms with E-state index in [0.717, 1.165) is 54.6 Å². The Morgan fingerprint density at radius 2 is 1.39 bits per heavy atom. The summed E-state index contributed by atoms with van der Waals surface area (Å²) in [6, 6.07) is 21.2. The third-order valence-corrected chi connectivity index (χ3v) is 6.16. The third-order valence-electron chi connectivity index (χ3n) is 6.16. The number of para-hydroxylation sites is 1. The second-order valence-electron chi connectivity index (χ2n) is 8.39. The summed E-state index contributed by atoms with van der Waals surface area (Å²) < 4.78 is 0. The first kappa shape index (κ1) is 19.5. The summed E-state index contributed by atoms with van der Waals surface area (Å²) in [6.07, 6.45) is 0. The number of hydrogen-bond donors (Lipinski definition) is 0. The molecule has 1 fully saturated rings. The number of hydrogen-bond acceptors (Lipinski definition) is 5. The lowest BCUT2D eigenvalue weighted by Crippen LogP contribution is -2.47. The average molecular weight is 410 g/mol. The molecule has 0 spiro atoms. The minimum Gasteiger partial charge on any atom is -0.353 e. The highest BCUT2D eigenvalue weighted by Crippen LogP contribution is 2.26. The van der Waals surface area contributed by atoms with Gasteiger partial charge in [-0.2, -0.15) is 0 Å². The van der Waals surface area contributed by atoms with Gasteiger partial charge in [0.2, 0.25) is 0 Å². The van der Waals surface area contributed by atoms with Gasteiger partial charge in [-0.1, -0.05) is 48.0 Å². The molecule has 2 aromatic carbocycles. The molecule has 0 N–H and O–H groups in total. The molecule has 0 atom stereocenters. The van der Waals surface area contributed by atoms with Crippen LogP contribution in [-0.4, -0.2) is 41.4 Å². The third kappa shape index (κ3) is 3.83. The molecule has 4 aromatic rings. The zero-order valence-corrected chi connectivity index (χ0v) is 18.3. The Kier molecular flexibility index (Phi) is 5.02. The number of pyridine rings is 1. The Bertz CT molecular complexity index is 1210. The van der Waals surface area contributed by atoms with Gasteiger partial charge in [-0.25, -0.2) is 4.98 Å². The predicted octanol–water partition coefficient (Wildman–Crippen LogP) is 4.94. The van der Waals surface area contributed by atoms with Crippen molar-refractivity contribution in [1.82, 2.24) is 15.2 Å². The summed E-state index contributed by atoms with van der Waals surface area (Å²) in [5.41, 5.74) is 6.87. The van der Waals surface area contributed by atoms with Gasteiger partial charge in [-0.05, 0) is 50.1 Å². The molecular weight excluding hydrogens is 382 g/mol. The van der Waals surface area contributed by atoms with Gasteiger partial charge in [0.1, 0.15) is 5.82 Å². The number of piperazine rings is 1. The van der Waals surface area contributed by atoms with Crippen LogP contribution in [0.15, 0.2) is 60.7 Å². The molecule has 0 saturated carbocycles. The second kappa shape index (κ2) is 7.99. The Hall–Kier alpha value is -3.47. The van der Waals surface area contributed by atoms with Crippen molar-refractivity contribution >= 4 is 22.5 Å². The van der Waals surface area contributed by atoms with Crippen molar-refractivity contribution < 1.29 is 0 Å². The van der Waals surface area contributed by atoms with Crippen molar-refractivity contribution in [2.24, 2.45) is 0 Å². The number of nitrogens with zero attached hydrogens (tertiary/aromatic N) is 5. The monoisotopic (exact) mass is 409 g/mol. The van der Waals surface area contributed by atoms with E-state index in [-0.39, 0.29) is 0 Å². The van der Waals surface area contributed by atoms with Crippen LogP contribution in [0.25, 0.3) is 22.2 Å². The van der Waals surface area contributed by atoms with Crippen LogP contribution >= 0.6 is 0 Å². The first-order valence-electron chi connectivity index (χ1n) is 10.9. The van der Waals surface area contributed by atoms with Crippen LogP contribution in [0.3, 0.4) is 0 Å². The minimum absolute atomic E-state index is 0.908. The molecule has 0 bridgehead atoms. The van der Waals surface area contributed by atoms with E-state index in [1.807, 2.05) is 0 Å². The van der Waals surface area contributed by atoms with E-state index >= 15 is 0 Å². The largest absolute Gasteiger partial charge is 0.353 e. The summed E-state index contributed by atoms with van der Waals surface area (Å²) in [5, 5.41) is 10.2. The number of anilines is 2. The molecule has 1 aliphatic heterocycles. The van der Waals surface area contributed by atoms with Crippen LogP contribution in [-0.2, 0) is 0 Å². The van der Waals surface area contributed by atoms with Gasteiger partial charge in [0, 0.05) is 37.1 Å². The van der Waals surface area contributed by atoms with Crippen LogP contribution in [0, 0.1) is 20.8 Å². The Morgan fingerprint density at radius 1 is 0.677 bits per heavy atom. The molecule has 2 aromatic heterocycles. The maximum absolute atomic E-state index is 4.99. The Balaban J connectivity index is 1.30. The molecule has 1 saturated heterocycles. The van der Waals surface area contributed by atoms with Crippen molar-refractivity contribution in [3.8, 4) is 11.3 Å². The lowest BCUT2D eigenvalue weighted by atomic mass is 10.1. The van der Waals surface area contributed by atoms with Gasteiger partial charge < -0.3 is 9.80 Å². The molecule has 3 heterocycles. The molecular formula is C26H27N5.